The van der Waals surface area contributed by atoms with Gasteiger partial charge in [-0.1, -0.05) is 109 Å². The van der Waals surface area contributed by atoms with Crippen LogP contribution >= 0.6 is 22.7 Å². The predicted molar refractivity (Wildman–Crippen MR) is 191 cm³/mol. The lowest BCUT2D eigenvalue weighted by Crippen LogP contribution is -1.95. The highest BCUT2D eigenvalue weighted by molar-refractivity contribution is 7.13. The molecule has 0 fully saturated rings. The molecule has 0 aliphatic rings. The molecule has 0 aliphatic heterocycles. The maximum absolute atomic E-state index is 4.25. The van der Waals surface area contributed by atoms with Gasteiger partial charge in [0.1, 0.15) is 0 Å². The maximum atomic E-state index is 4.25. The molecule has 9 rings (SSSR count). The minimum atomic E-state index is 1.18. The van der Waals surface area contributed by atoms with E-state index in [4.69, 9.17) is 0 Å². The molecule has 0 unspecified atom stereocenters. The third-order valence-corrected chi connectivity index (χ3v) is 10.3. The van der Waals surface area contributed by atoms with E-state index in [1.54, 1.807) is 22.7 Å². The number of aromatic nitrogens is 3. The van der Waals surface area contributed by atoms with E-state index in [2.05, 4.69) is 142 Å². The molecule has 45 heavy (non-hydrogen) atoms. The molecule has 212 valence electrons. The SMILES string of the molecule is c1ccc2c(-n3c4cc(-c5ccc(-c6cncs6)cc5)ccc4c4ccc(-c5ccc(-c6cncs6)cc5)cc43)cccc2c1. The van der Waals surface area contributed by atoms with Crippen LogP contribution in [0.1, 0.15) is 0 Å². The molecule has 0 amide bonds. The second kappa shape index (κ2) is 10.7. The van der Waals surface area contributed by atoms with Crippen LogP contribution in [0.2, 0.25) is 0 Å². The molecule has 6 aromatic carbocycles. The van der Waals surface area contributed by atoms with Crippen LogP contribution in [-0.4, -0.2) is 14.5 Å². The molecule has 9 aromatic rings. The fourth-order valence-corrected chi connectivity index (χ4v) is 7.67. The second-order valence-corrected chi connectivity index (χ2v) is 13.0. The highest BCUT2D eigenvalue weighted by Crippen LogP contribution is 2.39. The molecule has 0 spiro atoms. The van der Waals surface area contributed by atoms with Gasteiger partial charge in [-0.05, 0) is 57.0 Å². The highest BCUT2D eigenvalue weighted by atomic mass is 32.1. The Morgan fingerprint density at radius 3 is 1.44 bits per heavy atom. The topological polar surface area (TPSA) is 30.7 Å². The van der Waals surface area contributed by atoms with Crippen molar-refractivity contribution < 1.29 is 0 Å². The molecule has 0 radical (unpaired) electrons. The summed E-state index contributed by atoms with van der Waals surface area (Å²) in [6, 6.07) is 46.7. The number of hydrogen-bond donors (Lipinski definition) is 0. The summed E-state index contributed by atoms with van der Waals surface area (Å²) < 4.78 is 2.46. The van der Waals surface area contributed by atoms with Crippen LogP contribution in [0, 0.1) is 0 Å². The van der Waals surface area contributed by atoms with Gasteiger partial charge in [0.15, 0.2) is 0 Å². The van der Waals surface area contributed by atoms with Crippen molar-refractivity contribution in [2.45, 2.75) is 0 Å². The van der Waals surface area contributed by atoms with E-state index in [1.807, 2.05) is 23.4 Å². The van der Waals surface area contributed by atoms with E-state index in [-0.39, 0.29) is 0 Å². The van der Waals surface area contributed by atoms with Gasteiger partial charge in [-0.15, -0.1) is 22.7 Å². The van der Waals surface area contributed by atoms with Crippen molar-refractivity contribution in [3.05, 3.63) is 151 Å². The average Bonchev–Trinajstić information content (AvgIpc) is 3.89. The second-order valence-electron chi connectivity index (χ2n) is 11.2. The van der Waals surface area contributed by atoms with Gasteiger partial charge >= 0.3 is 0 Å². The molecular weight excluding hydrogens is 587 g/mol. The van der Waals surface area contributed by atoms with Gasteiger partial charge in [-0.25, -0.2) is 0 Å². The highest BCUT2D eigenvalue weighted by Gasteiger charge is 2.16. The summed E-state index contributed by atoms with van der Waals surface area (Å²) in [6.07, 6.45) is 3.86. The number of rotatable bonds is 5. The van der Waals surface area contributed by atoms with Crippen molar-refractivity contribution in [1.82, 2.24) is 14.5 Å². The molecule has 3 nitrogen and oxygen atoms in total. The summed E-state index contributed by atoms with van der Waals surface area (Å²) in [7, 11) is 0. The fraction of sp³-hybridized carbons (Fsp3) is 0. The van der Waals surface area contributed by atoms with Gasteiger partial charge < -0.3 is 4.57 Å². The Morgan fingerprint density at radius 2 is 0.911 bits per heavy atom. The summed E-state index contributed by atoms with van der Waals surface area (Å²) in [4.78, 5) is 10.9. The molecule has 3 aromatic heterocycles. The third-order valence-electron chi connectivity index (χ3n) is 8.65. The lowest BCUT2D eigenvalue weighted by Gasteiger charge is -2.13. The van der Waals surface area contributed by atoms with E-state index >= 15 is 0 Å². The maximum Gasteiger partial charge on any atom is 0.0797 e. The summed E-state index contributed by atoms with van der Waals surface area (Å²) in [5.41, 5.74) is 14.5. The van der Waals surface area contributed by atoms with Crippen molar-refractivity contribution in [3.8, 4) is 48.8 Å². The Hall–Kier alpha value is -5.36. The Morgan fingerprint density at radius 1 is 0.422 bits per heavy atom. The Bertz CT molecular complexity index is 2310. The van der Waals surface area contributed by atoms with Crippen molar-refractivity contribution in [2.24, 2.45) is 0 Å². The number of thiazole rings is 2. The van der Waals surface area contributed by atoms with E-state index in [0.29, 0.717) is 0 Å². The van der Waals surface area contributed by atoms with Gasteiger partial charge in [0.2, 0.25) is 0 Å². The molecule has 0 atom stereocenters. The number of hydrogen-bond acceptors (Lipinski definition) is 4. The van der Waals surface area contributed by atoms with E-state index < -0.39 is 0 Å². The van der Waals surface area contributed by atoms with E-state index in [0.717, 1.165) is 0 Å². The van der Waals surface area contributed by atoms with Crippen molar-refractivity contribution >= 4 is 55.3 Å². The monoisotopic (exact) mass is 611 g/mol. The van der Waals surface area contributed by atoms with Gasteiger partial charge in [0, 0.05) is 28.6 Å². The number of nitrogens with zero attached hydrogens (tertiary/aromatic N) is 3. The smallest absolute Gasteiger partial charge is 0.0797 e. The minimum absolute atomic E-state index is 1.18. The molecule has 3 heterocycles. The molecule has 0 saturated carbocycles. The average molecular weight is 612 g/mol. The summed E-state index contributed by atoms with van der Waals surface area (Å²) in [5.74, 6) is 0. The Balaban J connectivity index is 1.24. The molecule has 0 saturated heterocycles. The lowest BCUT2D eigenvalue weighted by molar-refractivity contribution is 1.20. The quantitative estimate of drug-likeness (QED) is 0.194. The third kappa shape index (κ3) is 4.48. The van der Waals surface area contributed by atoms with Crippen LogP contribution in [0.5, 0.6) is 0 Å². The zero-order chi connectivity index (χ0) is 29.7. The lowest BCUT2D eigenvalue weighted by atomic mass is 10.0. The van der Waals surface area contributed by atoms with Crippen LogP contribution in [0.25, 0.3) is 81.4 Å². The minimum Gasteiger partial charge on any atom is -0.309 e. The number of fused-ring (bicyclic) bond motifs is 4. The first kappa shape index (κ1) is 26.1. The molecule has 0 N–H and O–H groups in total. The first-order chi connectivity index (χ1) is 22.3. The summed E-state index contributed by atoms with van der Waals surface area (Å²) >= 11 is 3.33. The van der Waals surface area contributed by atoms with Crippen LogP contribution in [0.15, 0.2) is 151 Å². The van der Waals surface area contributed by atoms with Crippen molar-refractivity contribution in [1.29, 1.82) is 0 Å². The van der Waals surface area contributed by atoms with E-state index in [1.165, 1.54) is 81.4 Å². The molecule has 0 aliphatic carbocycles. The van der Waals surface area contributed by atoms with Crippen molar-refractivity contribution in [2.75, 3.05) is 0 Å². The standard InChI is InChI=1S/C40H25N3S2/c1-2-6-33-28(4-1)5-3-7-36(33)43-37-20-31(26-8-12-29(13-9-26)39-22-41-24-44-39)16-18-34(37)35-19-17-32(21-38(35)43)27-10-14-30(15-11-27)40-23-42-25-45-40/h1-25H. The van der Waals surface area contributed by atoms with Crippen LogP contribution < -0.4 is 0 Å². The zero-order valence-corrected chi connectivity index (χ0v) is 25.7. The predicted octanol–water partition coefficient (Wildman–Crippen LogP) is 11.5. The van der Waals surface area contributed by atoms with Crippen LogP contribution in [0.4, 0.5) is 0 Å². The Kier molecular flexibility index (Phi) is 6.18. The van der Waals surface area contributed by atoms with Gasteiger partial charge in [0.05, 0.1) is 37.5 Å². The van der Waals surface area contributed by atoms with Gasteiger partial charge in [-0.3, -0.25) is 9.97 Å². The van der Waals surface area contributed by atoms with Gasteiger partial charge in [-0.2, -0.15) is 0 Å². The van der Waals surface area contributed by atoms with Crippen LogP contribution in [0.3, 0.4) is 0 Å². The fourth-order valence-electron chi connectivity index (χ4n) is 6.41. The first-order valence-corrected chi connectivity index (χ1v) is 16.6. The normalized spacial score (nSPS) is 11.6. The van der Waals surface area contributed by atoms with E-state index in [9.17, 15) is 0 Å². The summed E-state index contributed by atoms with van der Waals surface area (Å²) in [5, 5.41) is 4.96. The van der Waals surface area contributed by atoms with Crippen molar-refractivity contribution in [3.63, 3.8) is 0 Å². The zero-order valence-electron chi connectivity index (χ0n) is 24.1. The summed E-state index contributed by atoms with van der Waals surface area (Å²) in [6.45, 7) is 0. The molecular formula is C40H25N3S2. The molecule has 5 heteroatoms. The van der Waals surface area contributed by atoms with Crippen LogP contribution in [-0.2, 0) is 0 Å². The largest absolute Gasteiger partial charge is 0.309 e. The Labute approximate surface area is 268 Å². The molecule has 0 bridgehead atoms. The van der Waals surface area contributed by atoms with Gasteiger partial charge in [0.25, 0.3) is 0 Å². The number of benzene rings is 6. The first-order valence-electron chi connectivity index (χ1n) is 14.9.